The van der Waals surface area contributed by atoms with Gasteiger partial charge in [0.25, 0.3) is 5.91 Å². The van der Waals surface area contributed by atoms with Gasteiger partial charge in [0.1, 0.15) is 11.6 Å². The fourth-order valence-electron chi connectivity index (χ4n) is 2.34. The van der Waals surface area contributed by atoms with Crippen molar-refractivity contribution in [3.05, 3.63) is 29.6 Å². The van der Waals surface area contributed by atoms with E-state index in [1.807, 2.05) is 6.92 Å². The van der Waals surface area contributed by atoms with Crippen molar-refractivity contribution in [3.8, 4) is 5.75 Å². The second-order valence-electron chi connectivity index (χ2n) is 5.39. The molecule has 1 saturated heterocycles. The Morgan fingerprint density at radius 1 is 1.48 bits per heavy atom. The number of carbonyl (C=O) groups is 1. The van der Waals surface area contributed by atoms with Crippen LogP contribution in [0, 0.1) is 11.7 Å². The van der Waals surface area contributed by atoms with Gasteiger partial charge in [0.2, 0.25) is 0 Å². The van der Waals surface area contributed by atoms with Crippen LogP contribution in [-0.2, 0) is 4.74 Å². The van der Waals surface area contributed by atoms with Crippen molar-refractivity contribution < 1.29 is 19.0 Å². The number of ether oxygens (including phenoxy) is 1. The number of halogens is 1. The molecular weight excluding hydrogens is 275 g/mol. The van der Waals surface area contributed by atoms with Crippen molar-refractivity contribution >= 4 is 5.91 Å². The Hall–Kier alpha value is -1.66. The minimum Gasteiger partial charge on any atom is -0.508 e. The number of nitrogens with one attached hydrogen (secondary N) is 1. The molecule has 116 valence electrons. The van der Waals surface area contributed by atoms with Gasteiger partial charge in [-0.1, -0.05) is 6.92 Å². The van der Waals surface area contributed by atoms with Crippen LogP contribution in [0.1, 0.15) is 17.3 Å². The molecule has 0 aliphatic carbocycles. The molecule has 0 bridgehead atoms. The summed E-state index contributed by atoms with van der Waals surface area (Å²) in [6.45, 7) is 6.71. The monoisotopic (exact) mass is 296 g/mol. The number of benzene rings is 1. The highest BCUT2D eigenvalue weighted by Crippen LogP contribution is 2.15. The first-order valence-electron chi connectivity index (χ1n) is 7.13. The minimum atomic E-state index is -0.715. The average Bonchev–Trinajstić information content (AvgIpc) is 2.46. The first-order chi connectivity index (χ1) is 10.1. The first-order valence-corrected chi connectivity index (χ1v) is 7.13. The van der Waals surface area contributed by atoms with Crippen LogP contribution in [0.5, 0.6) is 5.75 Å². The third-order valence-electron chi connectivity index (χ3n) is 3.48. The first kappa shape index (κ1) is 15.7. The van der Waals surface area contributed by atoms with Gasteiger partial charge in [-0.3, -0.25) is 9.69 Å². The Balaban J connectivity index is 1.80. The molecule has 0 saturated carbocycles. The lowest BCUT2D eigenvalue weighted by atomic mass is 10.1. The summed E-state index contributed by atoms with van der Waals surface area (Å²) in [7, 11) is 0. The maximum atomic E-state index is 13.6. The molecule has 1 heterocycles. The molecule has 1 atom stereocenters. The molecule has 0 aromatic heterocycles. The standard InChI is InChI=1S/C15H21FN2O3/c1-11(10-18-4-6-21-7-5-18)9-17-15(20)13-3-2-12(19)8-14(13)16/h2-3,8,11,19H,4-7,9-10H2,1H3,(H,17,20). The van der Waals surface area contributed by atoms with E-state index in [9.17, 15) is 9.18 Å². The van der Waals surface area contributed by atoms with E-state index >= 15 is 0 Å². The third kappa shape index (κ3) is 4.68. The molecule has 1 unspecified atom stereocenters. The maximum absolute atomic E-state index is 13.6. The van der Waals surface area contributed by atoms with Crippen molar-refractivity contribution in [3.63, 3.8) is 0 Å². The Bertz CT molecular complexity index is 490. The number of carbonyl (C=O) groups excluding carboxylic acids is 1. The quantitative estimate of drug-likeness (QED) is 0.858. The molecule has 6 heteroatoms. The van der Waals surface area contributed by atoms with Gasteiger partial charge in [-0.2, -0.15) is 0 Å². The highest BCUT2D eigenvalue weighted by atomic mass is 19.1. The van der Waals surface area contributed by atoms with E-state index in [0.29, 0.717) is 6.54 Å². The Morgan fingerprint density at radius 2 is 2.19 bits per heavy atom. The molecule has 1 aliphatic rings. The van der Waals surface area contributed by atoms with E-state index in [1.54, 1.807) is 0 Å². The van der Waals surface area contributed by atoms with Crippen LogP contribution in [0.3, 0.4) is 0 Å². The summed E-state index contributed by atoms with van der Waals surface area (Å²) < 4.78 is 18.8. The lowest BCUT2D eigenvalue weighted by molar-refractivity contribution is 0.0317. The zero-order valence-corrected chi connectivity index (χ0v) is 12.1. The normalized spacial score (nSPS) is 17.4. The van der Waals surface area contributed by atoms with Gasteiger partial charge in [0.05, 0.1) is 18.8 Å². The summed E-state index contributed by atoms with van der Waals surface area (Å²) in [6, 6.07) is 3.52. The van der Waals surface area contributed by atoms with E-state index in [4.69, 9.17) is 9.84 Å². The number of morpholine rings is 1. The molecule has 1 aromatic rings. The fourth-order valence-corrected chi connectivity index (χ4v) is 2.34. The summed E-state index contributed by atoms with van der Waals surface area (Å²) in [5.74, 6) is -1.09. The lowest BCUT2D eigenvalue weighted by Gasteiger charge is -2.29. The van der Waals surface area contributed by atoms with Crippen molar-refractivity contribution in [2.24, 2.45) is 5.92 Å². The molecule has 0 spiro atoms. The molecule has 1 fully saturated rings. The lowest BCUT2D eigenvalue weighted by Crippen LogP contribution is -2.41. The topological polar surface area (TPSA) is 61.8 Å². The fraction of sp³-hybridized carbons (Fsp3) is 0.533. The maximum Gasteiger partial charge on any atom is 0.254 e. The Morgan fingerprint density at radius 3 is 2.86 bits per heavy atom. The minimum absolute atomic E-state index is 0.0497. The van der Waals surface area contributed by atoms with Gasteiger partial charge in [0.15, 0.2) is 0 Å². The number of amides is 1. The van der Waals surface area contributed by atoms with E-state index in [-0.39, 0.29) is 17.2 Å². The van der Waals surface area contributed by atoms with Crippen molar-refractivity contribution in [1.29, 1.82) is 0 Å². The third-order valence-corrected chi connectivity index (χ3v) is 3.48. The molecule has 1 amide bonds. The molecule has 5 nitrogen and oxygen atoms in total. The van der Waals surface area contributed by atoms with Gasteiger partial charge < -0.3 is 15.2 Å². The van der Waals surface area contributed by atoms with E-state index < -0.39 is 11.7 Å². The van der Waals surface area contributed by atoms with Gasteiger partial charge in [-0.25, -0.2) is 4.39 Å². The Kier molecular flexibility index (Phi) is 5.52. The number of phenolic OH excluding ortho intramolecular Hbond substituents is 1. The van der Waals surface area contributed by atoms with Crippen LogP contribution in [0.2, 0.25) is 0 Å². The molecule has 1 aromatic carbocycles. The number of hydrogen-bond acceptors (Lipinski definition) is 4. The second kappa shape index (κ2) is 7.38. The molecule has 2 rings (SSSR count). The van der Waals surface area contributed by atoms with E-state index in [1.165, 1.54) is 12.1 Å². The number of rotatable bonds is 5. The van der Waals surface area contributed by atoms with E-state index in [2.05, 4.69) is 10.2 Å². The summed E-state index contributed by atoms with van der Waals surface area (Å²) in [4.78, 5) is 14.2. The number of nitrogens with zero attached hydrogens (tertiary/aromatic N) is 1. The van der Waals surface area contributed by atoms with Gasteiger partial charge in [-0.15, -0.1) is 0 Å². The van der Waals surface area contributed by atoms with Crippen molar-refractivity contribution in [2.45, 2.75) is 6.92 Å². The second-order valence-corrected chi connectivity index (χ2v) is 5.39. The van der Waals surface area contributed by atoms with Crippen LogP contribution in [0.4, 0.5) is 4.39 Å². The van der Waals surface area contributed by atoms with Crippen molar-refractivity contribution in [2.75, 3.05) is 39.4 Å². The smallest absolute Gasteiger partial charge is 0.254 e. The number of aromatic hydroxyl groups is 1. The summed E-state index contributed by atoms with van der Waals surface area (Å²) in [5, 5.41) is 11.9. The van der Waals surface area contributed by atoms with Crippen LogP contribution in [-0.4, -0.2) is 55.3 Å². The van der Waals surface area contributed by atoms with Gasteiger partial charge in [0, 0.05) is 32.2 Å². The van der Waals surface area contributed by atoms with Crippen molar-refractivity contribution in [1.82, 2.24) is 10.2 Å². The number of phenols is 1. The van der Waals surface area contributed by atoms with Crippen LogP contribution >= 0.6 is 0 Å². The van der Waals surface area contributed by atoms with Crippen LogP contribution in [0.15, 0.2) is 18.2 Å². The van der Waals surface area contributed by atoms with Gasteiger partial charge >= 0.3 is 0 Å². The van der Waals surface area contributed by atoms with E-state index in [0.717, 1.165) is 38.9 Å². The summed E-state index contributed by atoms with van der Waals surface area (Å²) in [6.07, 6.45) is 0. The highest BCUT2D eigenvalue weighted by Gasteiger charge is 2.16. The molecule has 0 radical (unpaired) electrons. The van der Waals surface area contributed by atoms with Crippen LogP contribution < -0.4 is 5.32 Å². The molecular formula is C15H21FN2O3. The predicted molar refractivity (Wildman–Crippen MR) is 76.8 cm³/mol. The average molecular weight is 296 g/mol. The Labute approximate surface area is 123 Å². The zero-order valence-electron chi connectivity index (χ0n) is 12.1. The summed E-state index contributed by atoms with van der Waals surface area (Å²) >= 11 is 0. The number of hydrogen-bond donors (Lipinski definition) is 2. The molecule has 2 N–H and O–H groups in total. The van der Waals surface area contributed by atoms with Crippen LogP contribution in [0.25, 0.3) is 0 Å². The SMILES string of the molecule is CC(CNC(=O)c1ccc(O)cc1F)CN1CCOCC1. The zero-order chi connectivity index (χ0) is 15.2. The highest BCUT2D eigenvalue weighted by molar-refractivity contribution is 5.94. The summed E-state index contributed by atoms with van der Waals surface area (Å²) in [5.41, 5.74) is -0.0497. The molecule has 21 heavy (non-hydrogen) atoms. The predicted octanol–water partition coefficient (Wildman–Crippen LogP) is 1.23. The molecule has 1 aliphatic heterocycles. The van der Waals surface area contributed by atoms with Gasteiger partial charge in [-0.05, 0) is 18.1 Å². The largest absolute Gasteiger partial charge is 0.508 e.